The van der Waals surface area contributed by atoms with Crippen LogP contribution in [0.4, 0.5) is 0 Å². The average Bonchev–Trinajstić information content (AvgIpc) is 2.80. The fraction of sp³-hybridized carbons (Fsp3) is 0.846. The zero-order valence-electron chi connectivity index (χ0n) is 11.5. The quantitative estimate of drug-likeness (QED) is 0.804. The standard InChI is InChI=1S/C13H23N3O2/c1-4-13(5-2,17-6-3)12-15-11(18-16-12)7-10-8-14-9-10/h10,14H,4-9H2,1-3H3. The van der Waals surface area contributed by atoms with Gasteiger partial charge in [0.25, 0.3) is 0 Å². The van der Waals surface area contributed by atoms with Gasteiger partial charge in [-0.3, -0.25) is 0 Å². The topological polar surface area (TPSA) is 60.2 Å². The Kier molecular flexibility index (Phi) is 4.35. The van der Waals surface area contributed by atoms with Gasteiger partial charge in [0.05, 0.1) is 0 Å². The highest BCUT2D eigenvalue weighted by atomic mass is 16.5. The van der Waals surface area contributed by atoms with E-state index in [2.05, 4.69) is 29.3 Å². The summed E-state index contributed by atoms with van der Waals surface area (Å²) in [4.78, 5) is 4.53. The molecule has 0 atom stereocenters. The van der Waals surface area contributed by atoms with Crippen molar-refractivity contribution in [1.82, 2.24) is 15.5 Å². The molecule has 102 valence electrons. The second kappa shape index (κ2) is 5.80. The van der Waals surface area contributed by atoms with Crippen LogP contribution < -0.4 is 5.32 Å². The Bertz CT molecular complexity index is 370. The molecule has 1 aromatic heterocycles. The zero-order chi connectivity index (χ0) is 13.0. The highest BCUT2D eigenvalue weighted by molar-refractivity contribution is 5.02. The lowest BCUT2D eigenvalue weighted by molar-refractivity contribution is -0.0583. The fourth-order valence-electron chi connectivity index (χ4n) is 2.37. The van der Waals surface area contributed by atoms with Gasteiger partial charge in [-0.15, -0.1) is 0 Å². The van der Waals surface area contributed by atoms with Crippen molar-refractivity contribution in [1.29, 1.82) is 0 Å². The molecule has 18 heavy (non-hydrogen) atoms. The molecule has 1 saturated heterocycles. The van der Waals surface area contributed by atoms with Gasteiger partial charge in [-0.25, -0.2) is 0 Å². The predicted molar refractivity (Wildman–Crippen MR) is 68.2 cm³/mol. The average molecular weight is 253 g/mol. The van der Waals surface area contributed by atoms with Gasteiger partial charge in [0.1, 0.15) is 5.60 Å². The van der Waals surface area contributed by atoms with Crippen molar-refractivity contribution in [3.63, 3.8) is 0 Å². The third-order valence-corrected chi connectivity index (χ3v) is 3.77. The van der Waals surface area contributed by atoms with E-state index >= 15 is 0 Å². The van der Waals surface area contributed by atoms with E-state index in [1.807, 2.05) is 6.92 Å². The highest BCUT2D eigenvalue weighted by Gasteiger charge is 2.34. The van der Waals surface area contributed by atoms with Crippen molar-refractivity contribution in [2.75, 3.05) is 19.7 Å². The Morgan fingerprint density at radius 2 is 2.06 bits per heavy atom. The third kappa shape index (κ3) is 2.57. The molecule has 1 aliphatic heterocycles. The molecule has 1 aromatic rings. The van der Waals surface area contributed by atoms with Gasteiger partial charge >= 0.3 is 0 Å². The van der Waals surface area contributed by atoms with Gasteiger partial charge in [0.15, 0.2) is 0 Å². The Labute approximate surface area is 108 Å². The van der Waals surface area contributed by atoms with Crippen LogP contribution >= 0.6 is 0 Å². The summed E-state index contributed by atoms with van der Waals surface area (Å²) in [6.45, 7) is 8.97. The molecule has 1 aliphatic rings. The van der Waals surface area contributed by atoms with E-state index in [4.69, 9.17) is 9.26 Å². The summed E-state index contributed by atoms with van der Waals surface area (Å²) >= 11 is 0. The van der Waals surface area contributed by atoms with Crippen molar-refractivity contribution < 1.29 is 9.26 Å². The largest absolute Gasteiger partial charge is 0.367 e. The summed E-state index contributed by atoms with van der Waals surface area (Å²) in [5, 5.41) is 7.38. The van der Waals surface area contributed by atoms with E-state index in [1.54, 1.807) is 0 Å². The number of nitrogens with zero attached hydrogens (tertiary/aromatic N) is 2. The first-order valence-electron chi connectivity index (χ1n) is 6.91. The molecular weight excluding hydrogens is 230 g/mol. The monoisotopic (exact) mass is 253 g/mol. The summed E-state index contributed by atoms with van der Waals surface area (Å²) in [5.74, 6) is 2.09. The molecule has 0 unspecified atom stereocenters. The fourth-order valence-corrected chi connectivity index (χ4v) is 2.37. The van der Waals surface area contributed by atoms with Crippen LogP contribution in [-0.2, 0) is 16.8 Å². The summed E-state index contributed by atoms with van der Waals surface area (Å²) in [6, 6.07) is 0. The maximum atomic E-state index is 5.88. The zero-order valence-corrected chi connectivity index (χ0v) is 11.5. The summed E-state index contributed by atoms with van der Waals surface area (Å²) in [6.07, 6.45) is 2.60. The first-order chi connectivity index (χ1) is 8.74. The van der Waals surface area contributed by atoms with E-state index in [9.17, 15) is 0 Å². The second-order valence-corrected chi connectivity index (χ2v) is 4.87. The van der Waals surface area contributed by atoms with Crippen molar-refractivity contribution in [3.05, 3.63) is 11.7 Å². The van der Waals surface area contributed by atoms with Crippen molar-refractivity contribution in [2.45, 2.75) is 45.6 Å². The maximum Gasteiger partial charge on any atom is 0.227 e. The van der Waals surface area contributed by atoms with Crippen LogP contribution in [0.2, 0.25) is 0 Å². The van der Waals surface area contributed by atoms with Gasteiger partial charge < -0.3 is 14.6 Å². The normalized spacial score (nSPS) is 16.8. The molecule has 0 radical (unpaired) electrons. The first-order valence-corrected chi connectivity index (χ1v) is 6.91. The second-order valence-electron chi connectivity index (χ2n) is 4.87. The number of nitrogens with one attached hydrogen (secondary N) is 1. The van der Waals surface area contributed by atoms with E-state index in [-0.39, 0.29) is 5.60 Å². The van der Waals surface area contributed by atoms with Crippen LogP contribution in [0, 0.1) is 5.92 Å². The van der Waals surface area contributed by atoms with E-state index < -0.39 is 0 Å². The molecule has 0 amide bonds. The molecule has 2 rings (SSSR count). The smallest absolute Gasteiger partial charge is 0.227 e. The minimum absolute atomic E-state index is 0.381. The molecule has 0 spiro atoms. The van der Waals surface area contributed by atoms with Gasteiger partial charge in [-0.05, 0) is 38.8 Å². The third-order valence-electron chi connectivity index (χ3n) is 3.77. The molecule has 5 nitrogen and oxygen atoms in total. The Morgan fingerprint density at radius 1 is 1.33 bits per heavy atom. The van der Waals surface area contributed by atoms with E-state index in [0.717, 1.165) is 38.2 Å². The van der Waals surface area contributed by atoms with E-state index in [0.29, 0.717) is 18.3 Å². The van der Waals surface area contributed by atoms with Crippen molar-refractivity contribution >= 4 is 0 Å². The number of hydrogen-bond donors (Lipinski definition) is 1. The summed E-state index contributed by atoms with van der Waals surface area (Å²) in [5.41, 5.74) is -0.381. The van der Waals surface area contributed by atoms with Crippen molar-refractivity contribution in [3.8, 4) is 0 Å². The minimum atomic E-state index is -0.381. The Balaban J connectivity index is 2.09. The van der Waals surface area contributed by atoms with Crippen LogP contribution in [-0.4, -0.2) is 29.8 Å². The molecule has 1 N–H and O–H groups in total. The molecule has 0 aromatic carbocycles. The van der Waals surface area contributed by atoms with Crippen LogP contribution in [0.5, 0.6) is 0 Å². The Morgan fingerprint density at radius 3 is 2.56 bits per heavy atom. The van der Waals surface area contributed by atoms with Gasteiger partial charge in [-0.1, -0.05) is 19.0 Å². The predicted octanol–water partition coefficient (Wildman–Crippen LogP) is 1.88. The first kappa shape index (κ1) is 13.5. The lowest BCUT2D eigenvalue weighted by Gasteiger charge is -2.27. The SMILES string of the molecule is CCOC(CC)(CC)c1noc(CC2CNC2)n1. The minimum Gasteiger partial charge on any atom is -0.367 e. The molecule has 0 saturated carbocycles. The van der Waals surface area contributed by atoms with Crippen LogP contribution in [0.25, 0.3) is 0 Å². The van der Waals surface area contributed by atoms with Crippen LogP contribution in [0.1, 0.15) is 45.3 Å². The lowest BCUT2D eigenvalue weighted by Crippen LogP contribution is -2.43. The van der Waals surface area contributed by atoms with Crippen molar-refractivity contribution in [2.24, 2.45) is 5.92 Å². The molecular formula is C13H23N3O2. The maximum absolute atomic E-state index is 5.88. The summed E-state index contributed by atoms with van der Waals surface area (Å²) in [7, 11) is 0. The number of ether oxygens (including phenoxy) is 1. The Hall–Kier alpha value is -0.940. The number of aromatic nitrogens is 2. The molecule has 5 heteroatoms. The van der Waals surface area contributed by atoms with Gasteiger partial charge in [0, 0.05) is 13.0 Å². The van der Waals surface area contributed by atoms with E-state index in [1.165, 1.54) is 0 Å². The molecule has 0 bridgehead atoms. The van der Waals surface area contributed by atoms with Crippen LogP contribution in [0.15, 0.2) is 4.52 Å². The molecule has 1 fully saturated rings. The molecule has 0 aliphatic carbocycles. The van der Waals surface area contributed by atoms with Gasteiger partial charge in [-0.2, -0.15) is 4.98 Å². The number of rotatable bonds is 7. The van der Waals surface area contributed by atoms with Crippen LogP contribution in [0.3, 0.4) is 0 Å². The lowest BCUT2D eigenvalue weighted by atomic mass is 9.96. The molecule has 2 heterocycles. The van der Waals surface area contributed by atoms with Gasteiger partial charge in [0.2, 0.25) is 11.7 Å². The highest BCUT2D eigenvalue weighted by Crippen LogP contribution is 2.31. The number of hydrogen-bond acceptors (Lipinski definition) is 5. The summed E-state index contributed by atoms with van der Waals surface area (Å²) < 4.78 is 11.2.